The molecule has 10 heavy (non-hydrogen) atoms. The number of hydrogen-bond acceptors (Lipinski definition) is 3. The second-order valence-corrected chi connectivity index (χ2v) is 2.39. The van der Waals surface area contributed by atoms with Crippen LogP contribution in [0.4, 0.5) is 0 Å². The molecule has 3 nitrogen and oxygen atoms in total. The van der Waals surface area contributed by atoms with Crippen LogP contribution in [-0.4, -0.2) is 13.1 Å². The van der Waals surface area contributed by atoms with Crippen LogP contribution in [0.5, 0.6) is 0 Å². The van der Waals surface area contributed by atoms with Crippen LogP contribution in [-0.2, 0) is 17.1 Å². The van der Waals surface area contributed by atoms with Crippen molar-refractivity contribution in [2.45, 2.75) is 25.7 Å². The standard InChI is InChI=1S/C6H15N3.Mn/c1-2-4-6-8-9-7-5-3-1;/h7-9H,1-6H2;. The zero-order valence-electron chi connectivity index (χ0n) is 6.12. The molecule has 0 aromatic carbocycles. The van der Waals surface area contributed by atoms with Crippen molar-refractivity contribution in [3.63, 3.8) is 0 Å². The first-order chi connectivity index (χ1) is 4.50. The van der Waals surface area contributed by atoms with E-state index in [1.165, 1.54) is 25.7 Å². The van der Waals surface area contributed by atoms with Crippen molar-refractivity contribution in [1.82, 2.24) is 16.4 Å². The average Bonchev–Trinajstić information content (AvgIpc) is 2.00. The van der Waals surface area contributed by atoms with E-state index in [1.54, 1.807) is 0 Å². The molecular weight excluding hydrogens is 169 g/mol. The van der Waals surface area contributed by atoms with Crippen molar-refractivity contribution < 1.29 is 17.1 Å². The Balaban J connectivity index is 0.000000810. The fraction of sp³-hybridized carbons (Fsp3) is 1.00. The maximum atomic E-state index is 3.07. The topological polar surface area (TPSA) is 36.1 Å². The van der Waals surface area contributed by atoms with E-state index in [0.717, 1.165) is 13.1 Å². The third-order valence-electron chi connectivity index (χ3n) is 1.53. The number of nitrogens with one attached hydrogen (secondary N) is 3. The minimum Gasteiger partial charge on any atom is -0.244 e. The van der Waals surface area contributed by atoms with Crippen LogP contribution >= 0.6 is 0 Å². The first-order valence-corrected chi connectivity index (χ1v) is 3.71. The van der Waals surface area contributed by atoms with Crippen LogP contribution in [0.1, 0.15) is 25.7 Å². The van der Waals surface area contributed by atoms with Gasteiger partial charge in [0.15, 0.2) is 0 Å². The molecule has 1 radical (unpaired) electrons. The summed E-state index contributed by atoms with van der Waals surface area (Å²) in [6, 6.07) is 0. The van der Waals surface area contributed by atoms with Gasteiger partial charge in [-0.25, -0.2) is 10.9 Å². The van der Waals surface area contributed by atoms with Crippen LogP contribution in [0.15, 0.2) is 0 Å². The van der Waals surface area contributed by atoms with Gasteiger partial charge < -0.3 is 0 Å². The van der Waals surface area contributed by atoms with Crippen molar-refractivity contribution in [2.24, 2.45) is 0 Å². The molecule has 1 saturated heterocycles. The molecule has 0 aliphatic carbocycles. The Labute approximate surface area is 72.7 Å². The molecule has 4 heteroatoms. The molecular formula is C6H15MnN3. The summed E-state index contributed by atoms with van der Waals surface area (Å²) in [6.07, 6.45) is 5.29. The molecule has 0 unspecified atom stereocenters. The molecule has 1 aliphatic heterocycles. The van der Waals surface area contributed by atoms with Gasteiger partial charge in [-0.3, -0.25) is 0 Å². The quantitative estimate of drug-likeness (QED) is 0.469. The van der Waals surface area contributed by atoms with Gasteiger partial charge in [-0.05, 0) is 12.8 Å². The summed E-state index contributed by atoms with van der Waals surface area (Å²) in [6.45, 7) is 2.15. The van der Waals surface area contributed by atoms with E-state index in [2.05, 4.69) is 16.4 Å². The zero-order chi connectivity index (χ0) is 6.36. The fourth-order valence-electron chi connectivity index (χ4n) is 0.968. The third kappa shape index (κ3) is 5.21. The molecule has 0 saturated carbocycles. The predicted molar refractivity (Wildman–Crippen MR) is 37.6 cm³/mol. The molecule has 0 bridgehead atoms. The normalized spacial score (nSPS) is 21.6. The molecule has 3 N–H and O–H groups in total. The first kappa shape index (κ1) is 10.4. The predicted octanol–water partition coefficient (Wildman–Crippen LogP) is 0.157. The Morgan fingerprint density at radius 3 is 1.70 bits per heavy atom. The van der Waals surface area contributed by atoms with E-state index in [4.69, 9.17) is 0 Å². The van der Waals surface area contributed by atoms with Gasteiger partial charge in [0, 0.05) is 30.2 Å². The van der Waals surface area contributed by atoms with Gasteiger partial charge in [-0.2, -0.15) is 5.53 Å². The van der Waals surface area contributed by atoms with Gasteiger partial charge in [0.25, 0.3) is 0 Å². The molecule has 1 aliphatic rings. The molecule has 61 valence electrons. The second-order valence-electron chi connectivity index (χ2n) is 2.39. The average molecular weight is 184 g/mol. The van der Waals surface area contributed by atoms with Gasteiger partial charge in [0.1, 0.15) is 0 Å². The van der Waals surface area contributed by atoms with Gasteiger partial charge in [0.05, 0.1) is 0 Å². The van der Waals surface area contributed by atoms with E-state index in [0.29, 0.717) is 0 Å². The van der Waals surface area contributed by atoms with Crippen LogP contribution in [0.3, 0.4) is 0 Å². The maximum absolute atomic E-state index is 3.07. The molecule has 0 amide bonds. The summed E-state index contributed by atoms with van der Waals surface area (Å²) in [7, 11) is 0. The number of rotatable bonds is 0. The monoisotopic (exact) mass is 184 g/mol. The van der Waals surface area contributed by atoms with Gasteiger partial charge >= 0.3 is 0 Å². The summed E-state index contributed by atoms with van der Waals surface area (Å²) in [5.74, 6) is 0. The third-order valence-corrected chi connectivity index (χ3v) is 1.53. The fourth-order valence-corrected chi connectivity index (χ4v) is 0.968. The van der Waals surface area contributed by atoms with Gasteiger partial charge in [-0.15, -0.1) is 0 Å². The zero-order valence-corrected chi connectivity index (χ0v) is 7.30. The molecule has 1 rings (SSSR count). The van der Waals surface area contributed by atoms with E-state index >= 15 is 0 Å². The summed E-state index contributed by atoms with van der Waals surface area (Å²) >= 11 is 0. The molecule has 0 aromatic rings. The van der Waals surface area contributed by atoms with Gasteiger partial charge in [0.2, 0.25) is 0 Å². The summed E-state index contributed by atoms with van der Waals surface area (Å²) in [5.41, 5.74) is 9.06. The smallest absolute Gasteiger partial charge is 0.0113 e. The van der Waals surface area contributed by atoms with E-state index < -0.39 is 0 Å². The Hall–Kier alpha value is 0.399. The van der Waals surface area contributed by atoms with Gasteiger partial charge in [-0.1, -0.05) is 12.8 Å². The minimum absolute atomic E-state index is 0. The van der Waals surface area contributed by atoms with Crippen molar-refractivity contribution in [3.8, 4) is 0 Å². The summed E-state index contributed by atoms with van der Waals surface area (Å²) < 4.78 is 0. The summed E-state index contributed by atoms with van der Waals surface area (Å²) in [4.78, 5) is 0. The maximum Gasteiger partial charge on any atom is 0.0113 e. The Bertz CT molecular complexity index is 41.5. The van der Waals surface area contributed by atoms with E-state index in [9.17, 15) is 0 Å². The number of hydrogen-bond donors (Lipinski definition) is 3. The SMILES string of the molecule is C1CCCNNNCC1.[Mn]. The second kappa shape index (κ2) is 7.51. The van der Waals surface area contributed by atoms with Crippen molar-refractivity contribution >= 4 is 0 Å². The first-order valence-electron chi connectivity index (χ1n) is 3.71. The Morgan fingerprint density at radius 1 is 0.700 bits per heavy atom. The van der Waals surface area contributed by atoms with Crippen molar-refractivity contribution in [1.29, 1.82) is 0 Å². The largest absolute Gasteiger partial charge is 0.244 e. The van der Waals surface area contributed by atoms with Crippen molar-refractivity contribution in [3.05, 3.63) is 0 Å². The Kier molecular flexibility index (Phi) is 7.81. The molecule has 0 atom stereocenters. The molecule has 0 aromatic heterocycles. The molecule has 1 fully saturated rings. The van der Waals surface area contributed by atoms with E-state index in [1.807, 2.05) is 0 Å². The van der Waals surface area contributed by atoms with Crippen molar-refractivity contribution in [2.75, 3.05) is 13.1 Å². The van der Waals surface area contributed by atoms with E-state index in [-0.39, 0.29) is 17.1 Å². The van der Waals surface area contributed by atoms with Crippen LogP contribution in [0, 0.1) is 0 Å². The van der Waals surface area contributed by atoms with Crippen LogP contribution in [0.2, 0.25) is 0 Å². The summed E-state index contributed by atoms with van der Waals surface area (Å²) in [5, 5.41) is 0. The molecule has 0 spiro atoms. The minimum atomic E-state index is 0. The Morgan fingerprint density at radius 2 is 1.20 bits per heavy atom. The molecule has 1 heterocycles. The number of hydrazine groups is 2. The van der Waals surface area contributed by atoms with Crippen LogP contribution in [0.25, 0.3) is 0 Å². The van der Waals surface area contributed by atoms with Crippen LogP contribution < -0.4 is 16.4 Å².